The topological polar surface area (TPSA) is 142 Å². The number of carboxylic acids is 2. The number of nitrogens with one attached hydrogen (secondary N) is 2. The fraction of sp³-hybridized carbons (Fsp3) is 0.364. The molecule has 1 aliphatic carbocycles. The predicted molar refractivity (Wildman–Crippen MR) is 113 cm³/mol. The van der Waals surface area contributed by atoms with E-state index in [2.05, 4.69) is 10.6 Å². The van der Waals surface area contributed by atoms with Crippen molar-refractivity contribution in [2.45, 2.75) is 38.8 Å². The second-order valence-corrected chi connectivity index (χ2v) is 6.79. The van der Waals surface area contributed by atoms with E-state index < -0.39 is 42.4 Å². The van der Waals surface area contributed by atoms with Crippen LogP contribution in [0.25, 0.3) is 0 Å². The smallest absolute Gasteiger partial charge is 0.407 e. The van der Waals surface area contributed by atoms with Crippen molar-refractivity contribution >= 4 is 23.9 Å². The SMILES string of the molecule is C.O=C(O)C[C@H](NC(=O)[C@H](Cc1ccccc1)NC(=O)OCC1C=CC=CC1)C(=O)O. The minimum absolute atomic E-state index is 0. The van der Waals surface area contributed by atoms with Crippen LogP contribution in [0.5, 0.6) is 0 Å². The molecule has 2 rings (SSSR count). The third-order valence-electron chi connectivity index (χ3n) is 4.38. The lowest BCUT2D eigenvalue weighted by atomic mass is 10.0. The lowest BCUT2D eigenvalue weighted by molar-refractivity contribution is -0.147. The average molecular weight is 432 g/mol. The van der Waals surface area contributed by atoms with Crippen molar-refractivity contribution in [2.75, 3.05) is 6.61 Å². The van der Waals surface area contributed by atoms with Crippen molar-refractivity contribution in [2.24, 2.45) is 5.92 Å². The Kier molecular flexibility index (Phi) is 10.5. The van der Waals surface area contributed by atoms with Gasteiger partial charge in [0.15, 0.2) is 0 Å². The molecule has 0 radical (unpaired) electrons. The third-order valence-corrected chi connectivity index (χ3v) is 4.38. The molecule has 168 valence electrons. The van der Waals surface area contributed by atoms with Crippen molar-refractivity contribution in [3.05, 3.63) is 60.2 Å². The summed E-state index contributed by atoms with van der Waals surface area (Å²) in [4.78, 5) is 47.0. The second-order valence-electron chi connectivity index (χ2n) is 6.79. The van der Waals surface area contributed by atoms with E-state index >= 15 is 0 Å². The van der Waals surface area contributed by atoms with Crippen LogP contribution in [0.1, 0.15) is 25.8 Å². The summed E-state index contributed by atoms with van der Waals surface area (Å²) < 4.78 is 5.19. The number of carbonyl (C=O) groups is 4. The molecule has 1 aliphatic rings. The number of alkyl carbamates (subject to hydrolysis) is 1. The van der Waals surface area contributed by atoms with Gasteiger partial charge in [-0.3, -0.25) is 9.59 Å². The predicted octanol–water partition coefficient (Wildman–Crippen LogP) is 2.14. The summed E-state index contributed by atoms with van der Waals surface area (Å²) in [5.74, 6) is -3.63. The zero-order valence-corrected chi connectivity index (χ0v) is 16.2. The molecule has 0 aromatic heterocycles. The first-order valence-corrected chi connectivity index (χ1v) is 9.40. The standard InChI is InChI=1S/C21H24N2O7.CH4/c24-18(25)12-17(20(27)28)22-19(26)16(11-14-7-3-1-4-8-14)23-21(29)30-13-15-9-5-2-6-10-15;/h1-9,15-17H,10-13H2,(H,22,26)(H,23,29)(H,24,25)(H,27,28);1H4/t15?,16-,17-;/m0./s1. The van der Waals surface area contributed by atoms with Crippen molar-refractivity contribution in [1.82, 2.24) is 10.6 Å². The number of hydrogen-bond acceptors (Lipinski definition) is 5. The van der Waals surface area contributed by atoms with Gasteiger partial charge in [0.2, 0.25) is 5.91 Å². The molecule has 4 N–H and O–H groups in total. The van der Waals surface area contributed by atoms with Gasteiger partial charge in [0.05, 0.1) is 13.0 Å². The Labute approximate surface area is 180 Å². The second kappa shape index (κ2) is 12.8. The van der Waals surface area contributed by atoms with Gasteiger partial charge in [0, 0.05) is 12.3 Å². The Hall–Kier alpha value is -3.62. The molecule has 9 heteroatoms. The summed E-state index contributed by atoms with van der Waals surface area (Å²) >= 11 is 0. The van der Waals surface area contributed by atoms with E-state index in [4.69, 9.17) is 14.9 Å². The highest BCUT2D eigenvalue weighted by Gasteiger charge is 2.28. The Bertz CT molecular complexity index is 820. The van der Waals surface area contributed by atoms with Crippen molar-refractivity contribution in [1.29, 1.82) is 0 Å². The largest absolute Gasteiger partial charge is 0.481 e. The van der Waals surface area contributed by atoms with Gasteiger partial charge in [-0.25, -0.2) is 9.59 Å². The zero-order chi connectivity index (χ0) is 21.9. The molecule has 0 fully saturated rings. The van der Waals surface area contributed by atoms with E-state index in [1.54, 1.807) is 30.3 Å². The molecule has 0 saturated heterocycles. The summed E-state index contributed by atoms with van der Waals surface area (Å²) in [5, 5.41) is 22.6. The van der Waals surface area contributed by atoms with Crippen LogP contribution in [0, 0.1) is 5.92 Å². The van der Waals surface area contributed by atoms with E-state index in [0.717, 1.165) is 12.0 Å². The van der Waals surface area contributed by atoms with Crippen LogP contribution in [-0.2, 0) is 25.5 Å². The summed E-state index contributed by atoms with van der Waals surface area (Å²) in [6.07, 6.45) is 6.81. The van der Waals surface area contributed by atoms with Gasteiger partial charge in [-0.1, -0.05) is 62.1 Å². The molecule has 31 heavy (non-hydrogen) atoms. The van der Waals surface area contributed by atoms with Crippen LogP contribution >= 0.6 is 0 Å². The summed E-state index contributed by atoms with van der Waals surface area (Å²) in [5.41, 5.74) is 0.725. The minimum atomic E-state index is -1.62. The highest BCUT2D eigenvalue weighted by Crippen LogP contribution is 2.12. The number of aliphatic carboxylic acids is 2. The van der Waals surface area contributed by atoms with Crippen LogP contribution in [0.4, 0.5) is 4.79 Å². The molecule has 0 aliphatic heterocycles. The molecule has 1 aromatic rings. The monoisotopic (exact) mass is 432 g/mol. The molecule has 9 nitrogen and oxygen atoms in total. The van der Waals surface area contributed by atoms with E-state index in [-0.39, 0.29) is 26.4 Å². The van der Waals surface area contributed by atoms with Crippen LogP contribution in [0.15, 0.2) is 54.6 Å². The summed E-state index contributed by atoms with van der Waals surface area (Å²) in [6.45, 7) is 0.128. The van der Waals surface area contributed by atoms with Crippen LogP contribution < -0.4 is 10.6 Å². The number of hydrogen-bond donors (Lipinski definition) is 4. The van der Waals surface area contributed by atoms with Gasteiger partial charge in [-0.05, 0) is 12.0 Å². The lowest BCUT2D eigenvalue weighted by Gasteiger charge is -2.21. The van der Waals surface area contributed by atoms with Crippen molar-refractivity contribution in [3.63, 3.8) is 0 Å². The van der Waals surface area contributed by atoms with Gasteiger partial charge in [0.25, 0.3) is 0 Å². The van der Waals surface area contributed by atoms with Gasteiger partial charge in [0.1, 0.15) is 12.1 Å². The van der Waals surface area contributed by atoms with Gasteiger partial charge in [-0.15, -0.1) is 0 Å². The van der Waals surface area contributed by atoms with Crippen LogP contribution in [0.2, 0.25) is 0 Å². The highest BCUT2D eigenvalue weighted by atomic mass is 16.5. The van der Waals surface area contributed by atoms with E-state index in [1.165, 1.54) is 0 Å². The Morgan fingerprint density at radius 1 is 1.03 bits per heavy atom. The fourth-order valence-electron chi connectivity index (χ4n) is 2.83. The first-order chi connectivity index (χ1) is 14.3. The van der Waals surface area contributed by atoms with Gasteiger partial charge < -0.3 is 25.6 Å². The fourth-order valence-corrected chi connectivity index (χ4v) is 2.83. The minimum Gasteiger partial charge on any atom is -0.481 e. The maximum absolute atomic E-state index is 12.6. The molecule has 0 spiro atoms. The summed E-state index contributed by atoms with van der Waals surface area (Å²) in [6, 6.07) is 6.05. The maximum Gasteiger partial charge on any atom is 0.407 e. The van der Waals surface area contributed by atoms with Crippen LogP contribution in [-0.4, -0.2) is 52.8 Å². The molecule has 0 saturated carbocycles. The molecule has 0 bridgehead atoms. The van der Waals surface area contributed by atoms with Crippen molar-refractivity contribution < 1.29 is 34.1 Å². The van der Waals surface area contributed by atoms with Gasteiger partial charge in [-0.2, -0.15) is 0 Å². The van der Waals surface area contributed by atoms with Gasteiger partial charge >= 0.3 is 18.0 Å². The number of carboxylic acid groups (broad SMARTS) is 2. The number of rotatable bonds is 10. The molecular formula is C22H28N2O7. The first kappa shape index (κ1) is 25.4. The van der Waals surface area contributed by atoms with Crippen molar-refractivity contribution in [3.8, 4) is 0 Å². The summed E-state index contributed by atoms with van der Waals surface area (Å²) in [7, 11) is 0. The maximum atomic E-state index is 12.6. The number of allylic oxidation sites excluding steroid dienone is 3. The average Bonchev–Trinajstić information content (AvgIpc) is 2.72. The first-order valence-electron chi connectivity index (χ1n) is 9.40. The number of carbonyl (C=O) groups excluding carboxylic acids is 2. The highest BCUT2D eigenvalue weighted by molar-refractivity contribution is 5.91. The molecule has 0 heterocycles. The zero-order valence-electron chi connectivity index (χ0n) is 16.2. The quantitative estimate of drug-likeness (QED) is 0.444. The number of ether oxygens (including phenoxy) is 1. The molecule has 3 atom stereocenters. The van der Waals surface area contributed by atoms with Crippen LogP contribution in [0.3, 0.4) is 0 Å². The molecule has 1 aromatic carbocycles. The number of amides is 2. The molecule has 1 unspecified atom stereocenters. The van der Waals surface area contributed by atoms with E-state index in [9.17, 15) is 19.2 Å². The number of benzene rings is 1. The molecule has 2 amide bonds. The van der Waals surface area contributed by atoms with E-state index in [1.807, 2.05) is 24.3 Å². The Balaban J connectivity index is 0.00000480. The Morgan fingerprint density at radius 2 is 1.74 bits per heavy atom. The lowest BCUT2D eigenvalue weighted by Crippen LogP contribution is -2.53. The Morgan fingerprint density at radius 3 is 2.32 bits per heavy atom. The molecular weight excluding hydrogens is 404 g/mol. The van der Waals surface area contributed by atoms with E-state index in [0.29, 0.717) is 0 Å². The third kappa shape index (κ3) is 9.16. The normalized spacial score (nSPS) is 16.3.